The molecule has 32 heavy (non-hydrogen) atoms. The minimum absolute atomic E-state index is 0.0643. The Kier molecular flexibility index (Phi) is 6.66. The fraction of sp³-hybridized carbons (Fsp3) is 0.200. The van der Waals surface area contributed by atoms with Gasteiger partial charge in [-0.1, -0.05) is 54.6 Å². The summed E-state index contributed by atoms with van der Waals surface area (Å²) in [5, 5.41) is 0. The molecular formula is C25H26NO5P. The lowest BCUT2D eigenvalue weighted by Gasteiger charge is -2.32. The summed E-state index contributed by atoms with van der Waals surface area (Å²) >= 11 is 0. The van der Waals surface area contributed by atoms with E-state index in [1.54, 1.807) is 13.8 Å². The summed E-state index contributed by atoms with van der Waals surface area (Å²) in [6.07, 6.45) is 0. The summed E-state index contributed by atoms with van der Waals surface area (Å²) in [7, 11) is -1.90. The van der Waals surface area contributed by atoms with E-state index < -0.39 is 7.82 Å². The second kappa shape index (κ2) is 9.61. The van der Waals surface area contributed by atoms with E-state index in [1.165, 1.54) is 0 Å². The van der Waals surface area contributed by atoms with Crippen LogP contribution in [0.15, 0.2) is 84.8 Å². The molecule has 0 radical (unpaired) electrons. The molecule has 0 bridgehead atoms. The molecule has 0 fully saturated rings. The molecule has 1 aliphatic heterocycles. The van der Waals surface area contributed by atoms with Crippen LogP contribution < -0.4 is 9.64 Å². The van der Waals surface area contributed by atoms with Crippen LogP contribution in [0.2, 0.25) is 0 Å². The fourth-order valence-electron chi connectivity index (χ4n) is 3.67. The number of phosphoric ester groups is 1. The molecule has 6 nitrogen and oxygen atoms in total. The van der Waals surface area contributed by atoms with Gasteiger partial charge in [-0.15, -0.1) is 0 Å². The van der Waals surface area contributed by atoms with Gasteiger partial charge >= 0.3 is 13.8 Å². The van der Waals surface area contributed by atoms with E-state index in [4.69, 9.17) is 18.3 Å². The number of hydrogen-bond donors (Lipinski definition) is 0. The third kappa shape index (κ3) is 4.44. The summed E-state index contributed by atoms with van der Waals surface area (Å²) in [5.41, 5.74) is 4.40. The van der Waals surface area contributed by atoms with E-state index in [1.807, 2.05) is 85.9 Å². The van der Waals surface area contributed by atoms with E-state index in [-0.39, 0.29) is 19.2 Å². The highest BCUT2D eigenvalue weighted by Crippen LogP contribution is 2.54. The van der Waals surface area contributed by atoms with Crippen LogP contribution in [0, 0.1) is 0 Å². The van der Waals surface area contributed by atoms with Crippen molar-refractivity contribution < 1.29 is 22.9 Å². The zero-order chi connectivity index (χ0) is 22.6. The Morgan fingerprint density at radius 3 is 1.81 bits per heavy atom. The number of anilines is 2. The molecule has 0 N–H and O–H groups in total. The Morgan fingerprint density at radius 2 is 1.28 bits per heavy atom. The molecule has 0 saturated heterocycles. The van der Waals surface area contributed by atoms with E-state index >= 15 is 0 Å². The molecule has 0 aromatic heterocycles. The lowest BCUT2D eigenvalue weighted by atomic mass is 9.91. The third-order valence-corrected chi connectivity index (χ3v) is 6.53. The van der Waals surface area contributed by atoms with Gasteiger partial charge in [0.25, 0.3) is 0 Å². The predicted octanol–water partition coefficient (Wildman–Crippen LogP) is 6.76. The second-order valence-electron chi connectivity index (χ2n) is 7.04. The molecule has 3 aromatic rings. The number of benzene rings is 3. The van der Waals surface area contributed by atoms with Crippen LogP contribution in [-0.2, 0) is 18.1 Å². The van der Waals surface area contributed by atoms with Gasteiger partial charge in [-0.2, -0.15) is 0 Å². The molecule has 1 aliphatic rings. The zero-order valence-electron chi connectivity index (χ0n) is 18.4. The first kappa shape index (κ1) is 22.2. The highest BCUT2D eigenvalue weighted by molar-refractivity contribution is 7.48. The number of hydrogen-bond acceptors (Lipinski definition) is 6. The molecular weight excluding hydrogens is 425 g/mol. The summed E-state index contributed by atoms with van der Waals surface area (Å²) < 4.78 is 36.3. The van der Waals surface area contributed by atoms with Crippen molar-refractivity contribution in [2.45, 2.75) is 13.8 Å². The summed E-state index contributed by atoms with van der Waals surface area (Å²) in [5.74, 6) is 0.609. The smallest absolute Gasteiger partial charge is 0.426 e. The Balaban J connectivity index is 1.96. The molecule has 0 unspecified atom stereocenters. The first-order valence-electron chi connectivity index (χ1n) is 10.5. The first-order valence-corrected chi connectivity index (χ1v) is 12.0. The van der Waals surface area contributed by atoms with Crippen LogP contribution >= 0.6 is 7.82 Å². The molecule has 4 rings (SSSR count). The van der Waals surface area contributed by atoms with E-state index in [0.29, 0.717) is 11.3 Å². The summed E-state index contributed by atoms with van der Waals surface area (Å²) in [6.45, 7) is 3.81. The number of nitrogens with zero attached hydrogens (tertiary/aromatic N) is 1. The number of para-hydroxylation sites is 3. The number of phosphoric acid groups is 1. The van der Waals surface area contributed by atoms with Gasteiger partial charge in [-0.3, -0.25) is 9.05 Å². The number of rotatable bonds is 8. The maximum absolute atomic E-state index is 13.4. The van der Waals surface area contributed by atoms with Gasteiger partial charge in [0, 0.05) is 29.5 Å². The van der Waals surface area contributed by atoms with Gasteiger partial charge in [0.05, 0.1) is 18.8 Å². The number of fused-ring (bicyclic) bond motifs is 2. The zero-order valence-corrected chi connectivity index (χ0v) is 19.2. The highest BCUT2D eigenvalue weighted by atomic mass is 31.2. The molecule has 0 amide bonds. The van der Waals surface area contributed by atoms with Crippen LogP contribution in [0.5, 0.6) is 5.75 Å². The minimum atomic E-state index is -3.91. The predicted molar refractivity (Wildman–Crippen MR) is 126 cm³/mol. The van der Waals surface area contributed by atoms with Gasteiger partial charge in [-0.05, 0) is 38.1 Å². The minimum Gasteiger partial charge on any atom is -0.426 e. The first-order chi connectivity index (χ1) is 15.6. The molecule has 0 spiro atoms. The van der Waals surface area contributed by atoms with Gasteiger partial charge in [-0.25, -0.2) is 4.57 Å². The second-order valence-corrected chi connectivity index (χ2v) is 8.64. The Labute approximate surface area is 188 Å². The van der Waals surface area contributed by atoms with Gasteiger partial charge in [0.15, 0.2) is 0 Å². The maximum Gasteiger partial charge on any atom is 0.532 e. The Bertz CT molecular complexity index is 1100. The standard InChI is InChI=1S/C25H26NO5P/c1-4-28-32(27,29-5-2)31-25(30-19-13-7-6-8-14-19)24-20-15-9-11-17-22(20)26(3)23-18-12-10-16-21(23)24/h6-18H,4-5H2,1-3H3. The summed E-state index contributed by atoms with van der Waals surface area (Å²) in [4.78, 5) is 2.11. The van der Waals surface area contributed by atoms with Crippen LogP contribution in [0.1, 0.15) is 25.0 Å². The molecule has 0 saturated carbocycles. The monoisotopic (exact) mass is 451 g/mol. The van der Waals surface area contributed by atoms with Crippen LogP contribution in [0.25, 0.3) is 5.57 Å². The molecule has 0 aliphatic carbocycles. The van der Waals surface area contributed by atoms with Crippen molar-refractivity contribution in [3.63, 3.8) is 0 Å². The van der Waals surface area contributed by atoms with Crippen LogP contribution in [0.4, 0.5) is 11.4 Å². The van der Waals surface area contributed by atoms with Crippen molar-refractivity contribution in [2.75, 3.05) is 25.2 Å². The van der Waals surface area contributed by atoms with Gasteiger partial charge in [0.1, 0.15) is 5.75 Å². The topological polar surface area (TPSA) is 57.2 Å². The van der Waals surface area contributed by atoms with Crippen molar-refractivity contribution in [2.24, 2.45) is 0 Å². The van der Waals surface area contributed by atoms with E-state index in [9.17, 15) is 4.57 Å². The van der Waals surface area contributed by atoms with Crippen LogP contribution in [-0.4, -0.2) is 20.3 Å². The van der Waals surface area contributed by atoms with E-state index in [0.717, 1.165) is 22.5 Å². The van der Waals surface area contributed by atoms with Crippen molar-refractivity contribution in [3.8, 4) is 5.75 Å². The van der Waals surface area contributed by atoms with Crippen molar-refractivity contribution >= 4 is 24.8 Å². The average Bonchev–Trinajstić information content (AvgIpc) is 2.80. The Hall–Kier alpha value is -3.05. The third-order valence-electron chi connectivity index (χ3n) is 5.00. The van der Waals surface area contributed by atoms with Crippen molar-refractivity contribution in [3.05, 3.63) is 95.9 Å². The van der Waals surface area contributed by atoms with Crippen molar-refractivity contribution in [1.29, 1.82) is 0 Å². The number of ether oxygens (including phenoxy) is 1. The molecule has 7 heteroatoms. The molecule has 1 heterocycles. The van der Waals surface area contributed by atoms with Crippen LogP contribution in [0.3, 0.4) is 0 Å². The molecule has 3 aromatic carbocycles. The lowest BCUT2D eigenvalue weighted by Crippen LogP contribution is -2.20. The SMILES string of the molecule is CCOP(=O)(OCC)OC(Oc1ccccc1)=C1c2ccccc2N(C)c2ccccc21. The van der Waals surface area contributed by atoms with Gasteiger partial charge < -0.3 is 14.2 Å². The normalized spacial score (nSPS) is 12.7. The molecule has 166 valence electrons. The largest absolute Gasteiger partial charge is 0.532 e. The average molecular weight is 451 g/mol. The maximum atomic E-state index is 13.4. The lowest BCUT2D eigenvalue weighted by molar-refractivity contribution is 0.111. The fourth-order valence-corrected chi connectivity index (χ4v) is 4.81. The van der Waals surface area contributed by atoms with Gasteiger partial charge in [0.2, 0.25) is 0 Å². The molecule has 0 atom stereocenters. The van der Waals surface area contributed by atoms with E-state index in [2.05, 4.69) is 4.90 Å². The quantitative estimate of drug-likeness (QED) is 0.279. The summed E-state index contributed by atoms with van der Waals surface area (Å²) in [6, 6.07) is 25.1. The Morgan fingerprint density at radius 1 is 0.781 bits per heavy atom. The highest BCUT2D eigenvalue weighted by Gasteiger charge is 2.35. The van der Waals surface area contributed by atoms with Crippen molar-refractivity contribution in [1.82, 2.24) is 0 Å².